The second kappa shape index (κ2) is 8.16. The molecular weight excluding hydrogens is 344 g/mol. The highest BCUT2D eigenvalue weighted by Gasteiger charge is 2.28. The Morgan fingerprint density at radius 2 is 2.15 bits per heavy atom. The summed E-state index contributed by atoms with van der Waals surface area (Å²) >= 11 is 0. The molecule has 2 N–H and O–H groups in total. The van der Waals surface area contributed by atoms with Gasteiger partial charge in [-0.15, -0.1) is 0 Å². The minimum Gasteiger partial charge on any atom is -0.455 e. The highest BCUT2D eigenvalue weighted by molar-refractivity contribution is 6.07. The number of carbonyl (C=O) groups is 2. The fourth-order valence-corrected chi connectivity index (χ4v) is 3.07. The third-order valence-corrected chi connectivity index (χ3v) is 4.74. The molecule has 0 aromatic carbocycles. The van der Waals surface area contributed by atoms with E-state index in [9.17, 15) is 9.59 Å². The van der Waals surface area contributed by atoms with Crippen LogP contribution in [0.1, 0.15) is 70.9 Å². The van der Waals surface area contributed by atoms with Crippen molar-refractivity contribution in [3.63, 3.8) is 0 Å². The number of furan rings is 1. The monoisotopic (exact) mass is 368 g/mol. The van der Waals surface area contributed by atoms with Gasteiger partial charge in [0.15, 0.2) is 5.76 Å². The molecule has 1 aliphatic rings. The molecule has 0 saturated heterocycles. The topological polar surface area (TPSA) is 96.6 Å². The van der Waals surface area contributed by atoms with Gasteiger partial charge in [0.1, 0.15) is 5.76 Å². The molecule has 0 aliphatic heterocycles. The first kappa shape index (κ1) is 18.8. The molecule has 1 atom stereocenters. The number of hydrogen-bond donors (Lipinski definition) is 2. The van der Waals surface area contributed by atoms with Crippen molar-refractivity contribution in [2.75, 3.05) is 0 Å². The molecule has 2 aromatic heterocycles. The Balaban J connectivity index is 1.83. The molecule has 7 nitrogen and oxygen atoms in total. The van der Waals surface area contributed by atoms with E-state index in [2.05, 4.69) is 20.8 Å². The summed E-state index contributed by atoms with van der Waals surface area (Å²) in [7, 11) is 0. The molecular formula is C20H24N4O3. The number of amides is 2. The second-order valence-electron chi connectivity index (χ2n) is 6.73. The highest BCUT2D eigenvalue weighted by atomic mass is 16.4. The van der Waals surface area contributed by atoms with Crippen LogP contribution in [0.4, 0.5) is 0 Å². The smallest absolute Gasteiger partial charge is 0.287 e. The number of aromatic nitrogens is 1. The van der Waals surface area contributed by atoms with Crippen LogP contribution in [0.5, 0.6) is 0 Å². The number of pyridine rings is 1. The van der Waals surface area contributed by atoms with E-state index in [1.807, 2.05) is 20.8 Å². The Kier molecular flexibility index (Phi) is 5.69. The van der Waals surface area contributed by atoms with Gasteiger partial charge in [-0.25, -0.2) is 5.43 Å². The minimum absolute atomic E-state index is 0.0749. The molecule has 0 spiro atoms. The first-order valence-corrected chi connectivity index (χ1v) is 9.21. The van der Waals surface area contributed by atoms with Crippen molar-refractivity contribution < 1.29 is 14.0 Å². The van der Waals surface area contributed by atoms with Crippen molar-refractivity contribution in [3.05, 3.63) is 52.7 Å². The Morgan fingerprint density at radius 1 is 1.33 bits per heavy atom. The molecule has 2 aromatic rings. The summed E-state index contributed by atoms with van der Waals surface area (Å²) < 4.78 is 5.85. The van der Waals surface area contributed by atoms with Gasteiger partial charge in [-0.2, -0.15) is 5.10 Å². The lowest BCUT2D eigenvalue weighted by Gasteiger charge is -2.13. The summed E-state index contributed by atoms with van der Waals surface area (Å²) in [6.07, 6.45) is 6.26. The van der Waals surface area contributed by atoms with Gasteiger partial charge in [0.05, 0.1) is 11.3 Å². The predicted octanol–water partition coefficient (Wildman–Crippen LogP) is 2.98. The molecule has 2 heterocycles. The van der Waals surface area contributed by atoms with Gasteiger partial charge < -0.3 is 9.73 Å². The Hall–Kier alpha value is -2.96. The van der Waals surface area contributed by atoms with Gasteiger partial charge >= 0.3 is 0 Å². The number of nitrogens with zero attached hydrogens (tertiary/aromatic N) is 2. The van der Waals surface area contributed by atoms with Gasteiger partial charge in [0, 0.05) is 36.0 Å². The van der Waals surface area contributed by atoms with Crippen LogP contribution in [-0.4, -0.2) is 28.6 Å². The zero-order chi connectivity index (χ0) is 19.4. The minimum atomic E-state index is -0.321. The number of rotatable bonds is 5. The van der Waals surface area contributed by atoms with Crippen LogP contribution in [-0.2, 0) is 6.42 Å². The Morgan fingerprint density at radius 3 is 2.85 bits per heavy atom. The van der Waals surface area contributed by atoms with Crippen molar-refractivity contribution in [3.8, 4) is 0 Å². The van der Waals surface area contributed by atoms with Crippen molar-refractivity contribution in [1.82, 2.24) is 15.7 Å². The van der Waals surface area contributed by atoms with E-state index < -0.39 is 0 Å². The number of hydrazone groups is 1. The molecule has 0 radical (unpaired) electrons. The van der Waals surface area contributed by atoms with E-state index in [0.717, 1.165) is 41.9 Å². The largest absolute Gasteiger partial charge is 0.455 e. The van der Waals surface area contributed by atoms with Crippen LogP contribution in [0.3, 0.4) is 0 Å². The van der Waals surface area contributed by atoms with Gasteiger partial charge in [0.2, 0.25) is 0 Å². The number of nitrogens with one attached hydrogen (secondary N) is 2. The first-order chi connectivity index (χ1) is 13.0. The van der Waals surface area contributed by atoms with Crippen LogP contribution in [0, 0.1) is 6.92 Å². The van der Waals surface area contributed by atoms with Crippen molar-refractivity contribution in [2.24, 2.45) is 5.10 Å². The number of hydrogen-bond acceptors (Lipinski definition) is 5. The normalized spacial score (nSPS) is 15.9. The number of aryl methyl sites for hydroxylation is 1. The van der Waals surface area contributed by atoms with Crippen molar-refractivity contribution in [1.29, 1.82) is 0 Å². The lowest BCUT2D eigenvalue weighted by molar-refractivity contribution is 0.0907. The zero-order valence-electron chi connectivity index (χ0n) is 15.8. The molecule has 2 amide bonds. The first-order valence-electron chi connectivity index (χ1n) is 9.21. The number of carbonyl (C=O) groups excluding carboxylic acids is 2. The molecule has 1 aliphatic carbocycles. The second-order valence-corrected chi connectivity index (χ2v) is 6.73. The Labute approximate surface area is 158 Å². The summed E-state index contributed by atoms with van der Waals surface area (Å²) in [5.41, 5.74) is 5.36. The molecule has 27 heavy (non-hydrogen) atoms. The van der Waals surface area contributed by atoms with E-state index in [1.54, 1.807) is 18.3 Å². The fourth-order valence-electron chi connectivity index (χ4n) is 3.07. The summed E-state index contributed by atoms with van der Waals surface area (Å²) in [5, 5.41) is 7.24. The van der Waals surface area contributed by atoms with E-state index in [4.69, 9.17) is 4.42 Å². The average Bonchev–Trinajstić information content (AvgIpc) is 3.04. The lowest BCUT2D eigenvalue weighted by atomic mass is 9.93. The van der Waals surface area contributed by atoms with E-state index >= 15 is 0 Å². The van der Waals surface area contributed by atoms with Crippen LogP contribution in [0.2, 0.25) is 0 Å². The van der Waals surface area contributed by atoms with Crippen molar-refractivity contribution in [2.45, 2.75) is 52.5 Å². The molecule has 1 unspecified atom stereocenters. The van der Waals surface area contributed by atoms with E-state index in [-0.39, 0.29) is 17.9 Å². The van der Waals surface area contributed by atoms with Crippen LogP contribution in [0.15, 0.2) is 34.0 Å². The van der Waals surface area contributed by atoms with Crippen LogP contribution in [0.25, 0.3) is 0 Å². The highest BCUT2D eigenvalue weighted by Crippen LogP contribution is 2.30. The number of fused-ring (bicyclic) bond motifs is 1. The van der Waals surface area contributed by atoms with Gasteiger partial charge in [-0.3, -0.25) is 14.6 Å². The van der Waals surface area contributed by atoms with Gasteiger partial charge in [-0.1, -0.05) is 6.92 Å². The standard InChI is InChI=1S/C20H24N4O3/c1-4-12(2)22-20(26)18-13(3)17-15(8-5-9-16(17)27-18)23-24-19(25)14-7-6-10-21-11-14/h6-7,10-12H,4-5,8-9H2,1-3H3,(H,22,26)(H,24,25)/b23-15+. The van der Waals surface area contributed by atoms with Crippen LogP contribution >= 0.6 is 0 Å². The maximum absolute atomic E-state index is 12.5. The maximum atomic E-state index is 12.5. The SMILES string of the molecule is CCC(C)NC(=O)c1oc2c(c1C)/C(=N/NC(=O)c1cccnc1)CCC2. The van der Waals surface area contributed by atoms with Gasteiger partial charge in [-0.05, 0) is 45.2 Å². The zero-order valence-corrected chi connectivity index (χ0v) is 15.8. The summed E-state index contributed by atoms with van der Waals surface area (Å²) in [5.74, 6) is 0.546. The molecule has 0 bridgehead atoms. The quantitative estimate of drug-likeness (QED) is 0.793. The van der Waals surface area contributed by atoms with E-state index in [0.29, 0.717) is 17.7 Å². The third kappa shape index (κ3) is 4.07. The van der Waals surface area contributed by atoms with E-state index in [1.165, 1.54) is 6.20 Å². The molecule has 3 rings (SSSR count). The Bertz CT molecular complexity index is 871. The van der Waals surface area contributed by atoms with Crippen LogP contribution < -0.4 is 10.7 Å². The molecule has 7 heteroatoms. The summed E-state index contributed by atoms with van der Waals surface area (Å²) in [6, 6.07) is 3.45. The molecule has 142 valence electrons. The summed E-state index contributed by atoms with van der Waals surface area (Å²) in [4.78, 5) is 28.6. The third-order valence-electron chi connectivity index (χ3n) is 4.74. The summed E-state index contributed by atoms with van der Waals surface area (Å²) in [6.45, 7) is 5.83. The average molecular weight is 368 g/mol. The molecule has 0 fully saturated rings. The van der Waals surface area contributed by atoms with Crippen molar-refractivity contribution >= 4 is 17.5 Å². The fraction of sp³-hybridized carbons (Fsp3) is 0.400. The predicted molar refractivity (Wildman–Crippen MR) is 102 cm³/mol. The maximum Gasteiger partial charge on any atom is 0.287 e. The lowest BCUT2D eigenvalue weighted by Crippen LogP contribution is -2.32. The molecule has 0 saturated carbocycles. The van der Waals surface area contributed by atoms with Gasteiger partial charge in [0.25, 0.3) is 11.8 Å².